The molecule has 1 aromatic carbocycles. The molecule has 0 aliphatic heterocycles. The van der Waals surface area contributed by atoms with Gasteiger partial charge in [0.15, 0.2) is 0 Å². The van der Waals surface area contributed by atoms with E-state index in [1.807, 2.05) is 0 Å². The molecule has 2 rings (SSSR count). The number of benzene rings is 1. The summed E-state index contributed by atoms with van der Waals surface area (Å²) in [5.41, 5.74) is -0.00104. The second-order valence-corrected chi connectivity index (χ2v) is 4.78. The van der Waals surface area contributed by atoms with E-state index in [0.29, 0.717) is 12.1 Å². The molecule has 0 amide bonds. The lowest BCUT2D eigenvalue weighted by Crippen LogP contribution is -2.28. The van der Waals surface area contributed by atoms with Crippen molar-refractivity contribution in [1.29, 1.82) is 0 Å². The minimum atomic E-state index is -4.34. The number of alkyl halides is 3. The lowest BCUT2D eigenvalue weighted by Gasteiger charge is -2.19. The van der Waals surface area contributed by atoms with Gasteiger partial charge in [-0.25, -0.2) is 0 Å². The highest BCUT2D eigenvalue weighted by Crippen LogP contribution is 2.34. The van der Waals surface area contributed by atoms with Crippen LogP contribution in [0.25, 0.3) is 0 Å². The Kier molecular flexibility index (Phi) is 3.52. The van der Waals surface area contributed by atoms with E-state index >= 15 is 0 Å². The smallest absolute Gasteiger partial charge is 0.391 e. The van der Waals surface area contributed by atoms with Crippen LogP contribution in [0.15, 0.2) is 18.2 Å². The summed E-state index contributed by atoms with van der Waals surface area (Å²) in [6.07, 6.45) is -2.42. The molecule has 1 fully saturated rings. The maximum atomic E-state index is 12.7. The quantitative estimate of drug-likeness (QED) is 0.853. The van der Waals surface area contributed by atoms with Crippen LogP contribution in [0, 0.1) is 6.92 Å². The van der Waals surface area contributed by atoms with Crippen LogP contribution < -0.4 is 5.32 Å². The van der Waals surface area contributed by atoms with Crippen LogP contribution in [0.3, 0.4) is 0 Å². The molecule has 1 aliphatic carbocycles. The third-order valence-electron chi connectivity index (χ3n) is 3.37. The summed E-state index contributed by atoms with van der Waals surface area (Å²) in [4.78, 5) is 0. The Morgan fingerprint density at radius 2 is 2.00 bits per heavy atom. The number of hydrogen-bond acceptors (Lipinski definition) is 2. The van der Waals surface area contributed by atoms with Crippen molar-refractivity contribution < 1.29 is 18.3 Å². The molecule has 0 spiro atoms. The van der Waals surface area contributed by atoms with E-state index in [4.69, 9.17) is 0 Å². The van der Waals surface area contributed by atoms with Gasteiger partial charge in [0.05, 0.1) is 17.7 Å². The number of halogens is 3. The number of aliphatic hydroxyl groups excluding tert-OH is 1. The van der Waals surface area contributed by atoms with Crippen molar-refractivity contribution in [1.82, 2.24) is 0 Å². The molecule has 2 nitrogen and oxygen atoms in total. The summed E-state index contributed by atoms with van der Waals surface area (Å²) < 4.78 is 38.2. The lowest BCUT2D eigenvalue weighted by molar-refractivity contribution is -0.138. The summed E-state index contributed by atoms with van der Waals surface area (Å²) in [6.45, 7) is 1.44. The van der Waals surface area contributed by atoms with Crippen LogP contribution in [0.2, 0.25) is 0 Å². The normalized spacial score (nSPS) is 24.3. The zero-order valence-electron chi connectivity index (χ0n) is 10.1. The number of hydrogen-bond donors (Lipinski definition) is 2. The summed E-state index contributed by atoms with van der Waals surface area (Å²) in [5.74, 6) is 0. The minimum Gasteiger partial charge on any atom is -0.391 e. The second-order valence-electron chi connectivity index (χ2n) is 4.78. The third-order valence-corrected chi connectivity index (χ3v) is 3.37. The molecule has 1 aromatic rings. The number of nitrogens with one attached hydrogen (secondary N) is 1. The van der Waals surface area contributed by atoms with Gasteiger partial charge in [-0.1, -0.05) is 6.07 Å². The predicted molar refractivity (Wildman–Crippen MR) is 63.4 cm³/mol. The average Bonchev–Trinajstić information content (AvgIpc) is 2.66. The molecule has 0 saturated heterocycles. The molecule has 100 valence electrons. The fourth-order valence-corrected chi connectivity index (χ4v) is 2.34. The van der Waals surface area contributed by atoms with Crippen molar-refractivity contribution in [3.8, 4) is 0 Å². The molecule has 2 atom stereocenters. The Hall–Kier alpha value is -1.23. The summed E-state index contributed by atoms with van der Waals surface area (Å²) in [7, 11) is 0. The van der Waals surface area contributed by atoms with Gasteiger partial charge in [0, 0.05) is 5.69 Å². The first kappa shape index (κ1) is 13.2. The van der Waals surface area contributed by atoms with E-state index in [2.05, 4.69) is 5.32 Å². The maximum Gasteiger partial charge on any atom is 0.416 e. The largest absolute Gasteiger partial charge is 0.416 e. The zero-order chi connectivity index (χ0) is 13.3. The minimum absolute atomic E-state index is 0.145. The topological polar surface area (TPSA) is 32.3 Å². The summed E-state index contributed by atoms with van der Waals surface area (Å²) in [5, 5.41) is 12.6. The number of anilines is 1. The maximum absolute atomic E-state index is 12.7. The van der Waals surface area contributed by atoms with Crippen molar-refractivity contribution in [2.24, 2.45) is 0 Å². The number of aliphatic hydroxyl groups is 1. The van der Waals surface area contributed by atoms with E-state index in [1.54, 1.807) is 6.07 Å². The van der Waals surface area contributed by atoms with Gasteiger partial charge in [-0.2, -0.15) is 13.2 Å². The first-order valence-corrected chi connectivity index (χ1v) is 6.00. The van der Waals surface area contributed by atoms with Crippen LogP contribution in [0.4, 0.5) is 18.9 Å². The average molecular weight is 259 g/mol. The van der Waals surface area contributed by atoms with Crippen LogP contribution in [-0.2, 0) is 6.18 Å². The standard InChI is InChI=1S/C13H16F3NO/c1-8-5-6-9(7-10(8)13(14,15)16)17-11-3-2-4-12(11)18/h5-7,11-12,17-18H,2-4H2,1H3/t11-,12-/m0/s1. The third kappa shape index (κ3) is 2.77. The molecule has 0 unspecified atom stereocenters. The van der Waals surface area contributed by atoms with Gasteiger partial charge in [-0.15, -0.1) is 0 Å². The van der Waals surface area contributed by atoms with Gasteiger partial charge in [0.1, 0.15) is 0 Å². The molecule has 0 heterocycles. The van der Waals surface area contributed by atoms with E-state index in [0.717, 1.165) is 18.9 Å². The Labute approximate surface area is 104 Å². The van der Waals surface area contributed by atoms with Crippen LogP contribution in [0.1, 0.15) is 30.4 Å². The van der Waals surface area contributed by atoms with Gasteiger partial charge in [0.2, 0.25) is 0 Å². The summed E-state index contributed by atoms with van der Waals surface area (Å²) in [6, 6.07) is 4.04. The van der Waals surface area contributed by atoms with Crippen molar-refractivity contribution in [3.05, 3.63) is 29.3 Å². The first-order valence-electron chi connectivity index (χ1n) is 6.00. The molecule has 5 heteroatoms. The molecule has 1 aliphatic rings. The Balaban J connectivity index is 2.19. The molecule has 0 bridgehead atoms. The van der Waals surface area contributed by atoms with Crippen molar-refractivity contribution in [2.45, 2.75) is 44.5 Å². The monoisotopic (exact) mass is 259 g/mol. The highest BCUT2D eigenvalue weighted by Gasteiger charge is 2.33. The molecule has 1 saturated carbocycles. The Morgan fingerprint density at radius 3 is 2.56 bits per heavy atom. The summed E-state index contributed by atoms with van der Waals surface area (Å²) >= 11 is 0. The van der Waals surface area contributed by atoms with Crippen LogP contribution >= 0.6 is 0 Å². The number of rotatable bonds is 2. The Morgan fingerprint density at radius 1 is 1.28 bits per heavy atom. The van der Waals surface area contributed by atoms with Crippen molar-refractivity contribution >= 4 is 5.69 Å². The van der Waals surface area contributed by atoms with Gasteiger partial charge in [0.25, 0.3) is 0 Å². The first-order chi connectivity index (χ1) is 8.38. The number of aryl methyl sites for hydroxylation is 1. The van der Waals surface area contributed by atoms with Gasteiger partial charge in [-0.05, 0) is 43.9 Å². The molecular formula is C13H16F3NO. The highest BCUT2D eigenvalue weighted by atomic mass is 19.4. The van der Waals surface area contributed by atoms with E-state index in [9.17, 15) is 18.3 Å². The fraction of sp³-hybridized carbons (Fsp3) is 0.538. The van der Waals surface area contributed by atoms with Gasteiger partial charge in [-0.3, -0.25) is 0 Å². The van der Waals surface area contributed by atoms with Crippen LogP contribution in [0.5, 0.6) is 0 Å². The fourth-order valence-electron chi connectivity index (χ4n) is 2.34. The van der Waals surface area contributed by atoms with Gasteiger partial charge >= 0.3 is 6.18 Å². The molecule has 18 heavy (non-hydrogen) atoms. The molecule has 2 N–H and O–H groups in total. The van der Waals surface area contributed by atoms with Gasteiger partial charge < -0.3 is 10.4 Å². The van der Waals surface area contributed by atoms with Crippen molar-refractivity contribution in [2.75, 3.05) is 5.32 Å². The molecule has 0 aromatic heterocycles. The van der Waals surface area contributed by atoms with Crippen molar-refractivity contribution in [3.63, 3.8) is 0 Å². The second kappa shape index (κ2) is 4.80. The highest BCUT2D eigenvalue weighted by molar-refractivity contribution is 5.50. The molecule has 0 radical (unpaired) electrons. The Bertz CT molecular complexity index is 431. The zero-order valence-corrected chi connectivity index (χ0v) is 10.1. The molecular weight excluding hydrogens is 243 g/mol. The van der Waals surface area contributed by atoms with Crippen LogP contribution in [-0.4, -0.2) is 17.3 Å². The van der Waals surface area contributed by atoms with E-state index < -0.39 is 17.8 Å². The SMILES string of the molecule is Cc1ccc(N[C@H]2CCC[C@@H]2O)cc1C(F)(F)F. The van der Waals surface area contributed by atoms with E-state index in [1.165, 1.54) is 13.0 Å². The predicted octanol–water partition coefficient (Wildman–Crippen LogP) is 3.34. The van der Waals surface area contributed by atoms with E-state index in [-0.39, 0.29) is 11.6 Å². The lowest BCUT2D eigenvalue weighted by atomic mass is 10.1.